The van der Waals surface area contributed by atoms with E-state index in [2.05, 4.69) is 5.32 Å². The minimum absolute atomic E-state index is 0.0515. The number of hydrogen-bond donors (Lipinski definition) is 1. The van der Waals surface area contributed by atoms with Gasteiger partial charge in [0.05, 0.1) is 22.5 Å². The van der Waals surface area contributed by atoms with Gasteiger partial charge in [-0.15, -0.1) is 0 Å². The second kappa shape index (κ2) is 7.11. The predicted octanol–water partition coefficient (Wildman–Crippen LogP) is 3.50. The Bertz CT molecular complexity index is 668. The number of likely N-dealkylation sites (tertiary alicyclic amines) is 1. The van der Waals surface area contributed by atoms with Crippen molar-refractivity contribution in [1.29, 1.82) is 0 Å². The van der Waals surface area contributed by atoms with Crippen LogP contribution in [-0.4, -0.2) is 29.2 Å². The van der Waals surface area contributed by atoms with Crippen LogP contribution in [0.2, 0.25) is 10.0 Å². The summed E-state index contributed by atoms with van der Waals surface area (Å²) in [5.41, 5.74) is 0.457. The zero-order valence-electron chi connectivity index (χ0n) is 13.1. The molecule has 1 aliphatic carbocycles. The average molecular weight is 369 g/mol. The van der Waals surface area contributed by atoms with Crippen molar-refractivity contribution in [3.05, 3.63) is 28.2 Å². The van der Waals surface area contributed by atoms with E-state index in [-0.39, 0.29) is 42.5 Å². The molecule has 1 saturated heterocycles. The van der Waals surface area contributed by atoms with Gasteiger partial charge in [0.2, 0.25) is 17.7 Å². The number of hydrogen-bond acceptors (Lipinski definition) is 3. The van der Waals surface area contributed by atoms with Crippen LogP contribution in [0.15, 0.2) is 18.2 Å². The molecular formula is C17H18Cl2N2O3. The van der Waals surface area contributed by atoms with E-state index in [1.807, 2.05) is 0 Å². The third-order valence-corrected chi connectivity index (χ3v) is 5.25. The summed E-state index contributed by atoms with van der Waals surface area (Å²) in [7, 11) is 0. The van der Waals surface area contributed by atoms with E-state index in [4.69, 9.17) is 23.2 Å². The number of anilines is 1. The molecule has 128 valence electrons. The Morgan fingerprint density at radius 1 is 1.12 bits per heavy atom. The quantitative estimate of drug-likeness (QED) is 0.827. The topological polar surface area (TPSA) is 66.5 Å². The molecule has 24 heavy (non-hydrogen) atoms. The molecule has 0 spiro atoms. The Morgan fingerprint density at radius 3 is 2.33 bits per heavy atom. The monoisotopic (exact) mass is 368 g/mol. The molecule has 3 rings (SSSR count). The van der Waals surface area contributed by atoms with Crippen molar-refractivity contribution < 1.29 is 14.4 Å². The lowest BCUT2D eigenvalue weighted by Crippen LogP contribution is -2.34. The van der Waals surface area contributed by atoms with Crippen LogP contribution >= 0.6 is 23.2 Å². The molecule has 1 aromatic rings. The number of nitrogens with one attached hydrogen (secondary N) is 1. The van der Waals surface area contributed by atoms with Gasteiger partial charge in [-0.3, -0.25) is 19.3 Å². The van der Waals surface area contributed by atoms with Crippen molar-refractivity contribution in [2.45, 2.75) is 32.1 Å². The smallest absolute Gasteiger partial charge is 0.233 e. The maximum Gasteiger partial charge on any atom is 0.233 e. The first-order valence-corrected chi connectivity index (χ1v) is 8.83. The number of benzene rings is 1. The van der Waals surface area contributed by atoms with E-state index in [0.29, 0.717) is 15.7 Å². The van der Waals surface area contributed by atoms with Crippen LogP contribution in [0, 0.1) is 11.8 Å². The largest absolute Gasteiger partial charge is 0.325 e. The van der Waals surface area contributed by atoms with E-state index in [9.17, 15) is 14.4 Å². The maximum atomic E-state index is 12.4. The zero-order valence-corrected chi connectivity index (χ0v) is 14.6. The third kappa shape index (κ3) is 3.42. The average Bonchev–Trinajstić information content (AvgIpc) is 2.80. The van der Waals surface area contributed by atoms with Gasteiger partial charge in [0.15, 0.2) is 0 Å². The number of amides is 3. The van der Waals surface area contributed by atoms with Crippen LogP contribution in [0.1, 0.15) is 32.1 Å². The lowest BCUT2D eigenvalue weighted by molar-refractivity contribution is -0.140. The number of imide groups is 1. The van der Waals surface area contributed by atoms with Gasteiger partial charge >= 0.3 is 0 Å². The fourth-order valence-corrected chi connectivity index (χ4v) is 3.92. The first-order chi connectivity index (χ1) is 11.5. The molecule has 2 fully saturated rings. The summed E-state index contributed by atoms with van der Waals surface area (Å²) in [6.07, 6.45) is 3.58. The Hall–Kier alpha value is -1.59. The molecule has 1 aliphatic heterocycles. The number of rotatable bonds is 4. The molecule has 7 heteroatoms. The number of halogens is 2. The number of nitrogens with zero attached hydrogens (tertiary/aromatic N) is 1. The maximum absolute atomic E-state index is 12.4. The van der Waals surface area contributed by atoms with Crippen molar-refractivity contribution in [2.75, 3.05) is 11.9 Å². The summed E-state index contributed by atoms with van der Waals surface area (Å²) in [4.78, 5) is 38.0. The van der Waals surface area contributed by atoms with E-state index >= 15 is 0 Å². The molecule has 1 saturated carbocycles. The lowest BCUT2D eigenvalue weighted by atomic mass is 9.81. The minimum atomic E-state index is -0.297. The number of carbonyl (C=O) groups excluding carboxylic acids is 3. The highest BCUT2D eigenvalue weighted by Crippen LogP contribution is 2.38. The second-order valence-electron chi connectivity index (χ2n) is 6.25. The number of carbonyl (C=O) groups is 3. The van der Waals surface area contributed by atoms with Gasteiger partial charge in [0, 0.05) is 18.0 Å². The van der Waals surface area contributed by atoms with Gasteiger partial charge in [-0.1, -0.05) is 36.0 Å². The highest BCUT2D eigenvalue weighted by atomic mass is 35.5. The Balaban J connectivity index is 1.58. The zero-order chi connectivity index (χ0) is 17.3. The van der Waals surface area contributed by atoms with E-state index in [1.165, 1.54) is 11.0 Å². The fraction of sp³-hybridized carbons (Fsp3) is 0.471. The molecule has 1 heterocycles. The SMILES string of the molecule is O=C(CCN1C(=O)C2CCCCC2C1=O)Nc1ccc(Cl)cc1Cl. The molecule has 2 aliphatic rings. The third-order valence-electron chi connectivity index (χ3n) is 4.70. The van der Waals surface area contributed by atoms with Crippen LogP contribution in [0.4, 0.5) is 5.69 Å². The Labute approximate surface area is 150 Å². The van der Waals surface area contributed by atoms with Gasteiger partial charge in [0.1, 0.15) is 0 Å². The summed E-state index contributed by atoms with van der Waals surface area (Å²) >= 11 is 11.8. The van der Waals surface area contributed by atoms with Gasteiger partial charge in [-0.2, -0.15) is 0 Å². The van der Waals surface area contributed by atoms with Gasteiger partial charge in [-0.05, 0) is 31.0 Å². The van der Waals surface area contributed by atoms with Crippen molar-refractivity contribution in [1.82, 2.24) is 4.90 Å². The second-order valence-corrected chi connectivity index (χ2v) is 7.09. The molecule has 5 nitrogen and oxygen atoms in total. The fourth-order valence-electron chi connectivity index (χ4n) is 3.47. The summed E-state index contributed by atoms with van der Waals surface area (Å²) in [6.45, 7) is 0.113. The molecule has 0 aromatic heterocycles. The first kappa shape index (κ1) is 17.2. The Kier molecular flexibility index (Phi) is 5.11. The lowest BCUT2D eigenvalue weighted by Gasteiger charge is -2.19. The summed E-state index contributed by atoms with van der Waals surface area (Å²) in [6, 6.07) is 4.78. The molecule has 3 amide bonds. The molecule has 1 aromatic carbocycles. The van der Waals surface area contributed by atoms with E-state index in [0.717, 1.165) is 25.7 Å². The van der Waals surface area contributed by atoms with Gasteiger partial charge in [-0.25, -0.2) is 0 Å². The van der Waals surface area contributed by atoms with Crippen molar-refractivity contribution in [3.63, 3.8) is 0 Å². The standard InChI is InChI=1S/C17H18Cl2N2O3/c18-10-5-6-14(13(19)9-10)20-15(22)7-8-21-16(23)11-3-1-2-4-12(11)17(21)24/h5-6,9,11-12H,1-4,7-8H2,(H,20,22). The molecular weight excluding hydrogens is 351 g/mol. The molecule has 0 bridgehead atoms. The van der Waals surface area contributed by atoms with Gasteiger partial charge < -0.3 is 5.32 Å². The van der Waals surface area contributed by atoms with Crippen LogP contribution in [0.3, 0.4) is 0 Å². The van der Waals surface area contributed by atoms with Crippen LogP contribution < -0.4 is 5.32 Å². The Morgan fingerprint density at radius 2 is 1.75 bits per heavy atom. The number of fused-ring (bicyclic) bond motifs is 1. The highest BCUT2D eigenvalue weighted by Gasteiger charge is 2.47. The van der Waals surface area contributed by atoms with E-state index in [1.54, 1.807) is 12.1 Å². The summed E-state index contributed by atoms with van der Waals surface area (Å²) in [5.74, 6) is -0.904. The van der Waals surface area contributed by atoms with Crippen molar-refractivity contribution >= 4 is 46.6 Å². The van der Waals surface area contributed by atoms with Crippen LogP contribution in [0.5, 0.6) is 0 Å². The minimum Gasteiger partial charge on any atom is -0.325 e. The molecule has 0 radical (unpaired) electrons. The highest BCUT2D eigenvalue weighted by molar-refractivity contribution is 6.36. The van der Waals surface area contributed by atoms with Gasteiger partial charge in [0.25, 0.3) is 0 Å². The van der Waals surface area contributed by atoms with Crippen LogP contribution in [-0.2, 0) is 14.4 Å². The molecule has 1 N–H and O–H groups in total. The molecule has 2 unspecified atom stereocenters. The van der Waals surface area contributed by atoms with Crippen LogP contribution in [0.25, 0.3) is 0 Å². The molecule has 2 atom stereocenters. The summed E-state index contributed by atoms with van der Waals surface area (Å²) in [5, 5.41) is 3.50. The van der Waals surface area contributed by atoms with Crippen molar-refractivity contribution in [2.24, 2.45) is 11.8 Å². The van der Waals surface area contributed by atoms with E-state index < -0.39 is 0 Å². The first-order valence-electron chi connectivity index (χ1n) is 8.07. The predicted molar refractivity (Wildman–Crippen MR) is 91.9 cm³/mol. The normalized spacial score (nSPS) is 23.3. The van der Waals surface area contributed by atoms with Crippen molar-refractivity contribution in [3.8, 4) is 0 Å². The summed E-state index contributed by atoms with van der Waals surface area (Å²) < 4.78 is 0.